The average molecular weight is 478 g/mol. The summed E-state index contributed by atoms with van der Waals surface area (Å²) in [5.41, 5.74) is 4.94. The van der Waals surface area contributed by atoms with Gasteiger partial charge >= 0.3 is 0 Å². The molecule has 0 aliphatic carbocycles. The van der Waals surface area contributed by atoms with Crippen molar-refractivity contribution in [2.75, 3.05) is 17.6 Å². The predicted octanol–water partition coefficient (Wildman–Crippen LogP) is 4.02. The highest BCUT2D eigenvalue weighted by molar-refractivity contribution is 7.92. The maximum absolute atomic E-state index is 15.4. The standard InChI is InChI=1S/C20H14ClF2N5O3S/c1-31-19-15(7-11(21)9-25-19)32(29,30)28-14-6-5-13(22)16(17(14)23)12-4-2-3-10-8-26-20(24)27-18(10)12/h2-9,28H,1H3,(H2,24,26,27). The molecule has 8 nitrogen and oxygen atoms in total. The Balaban J connectivity index is 1.86. The Kier molecular flexibility index (Phi) is 5.53. The molecular weight excluding hydrogens is 464 g/mol. The Morgan fingerprint density at radius 1 is 1.12 bits per heavy atom. The Hall–Kier alpha value is -3.57. The quantitative estimate of drug-likeness (QED) is 0.445. The second-order valence-corrected chi connectivity index (χ2v) is 8.61. The van der Waals surface area contributed by atoms with Crippen molar-refractivity contribution in [1.82, 2.24) is 15.0 Å². The van der Waals surface area contributed by atoms with Crippen molar-refractivity contribution in [3.8, 4) is 17.0 Å². The Bertz CT molecular complexity index is 1470. The third-order valence-corrected chi connectivity index (χ3v) is 6.07. The van der Waals surface area contributed by atoms with Crippen LogP contribution in [0.4, 0.5) is 20.4 Å². The SMILES string of the molecule is COc1ncc(Cl)cc1S(=O)(=O)Nc1ccc(F)c(-c2cccc3cnc(N)nc23)c1F. The summed E-state index contributed by atoms with van der Waals surface area (Å²) in [7, 11) is -3.17. The van der Waals surface area contributed by atoms with Gasteiger partial charge in [-0.15, -0.1) is 0 Å². The number of fused-ring (bicyclic) bond motifs is 1. The van der Waals surface area contributed by atoms with Crippen molar-refractivity contribution in [3.63, 3.8) is 0 Å². The summed E-state index contributed by atoms with van der Waals surface area (Å²) in [5.74, 6) is -2.39. The van der Waals surface area contributed by atoms with Gasteiger partial charge in [0.2, 0.25) is 11.8 Å². The summed E-state index contributed by atoms with van der Waals surface area (Å²) in [6, 6.07) is 7.66. The highest BCUT2D eigenvalue weighted by Gasteiger charge is 2.25. The molecular formula is C20H14ClF2N5O3S. The lowest BCUT2D eigenvalue weighted by Gasteiger charge is -2.14. The molecule has 0 bridgehead atoms. The molecule has 0 fully saturated rings. The van der Waals surface area contributed by atoms with Gasteiger partial charge in [-0.05, 0) is 18.2 Å². The van der Waals surface area contributed by atoms with Crippen LogP contribution in [-0.2, 0) is 10.0 Å². The fourth-order valence-corrected chi connectivity index (χ4v) is 4.53. The van der Waals surface area contributed by atoms with Crippen molar-refractivity contribution in [2.45, 2.75) is 4.90 Å². The van der Waals surface area contributed by atoms with Gasteiger partial charge in [-0.1, -0.05) is 29.8 Å². The van der Waals surface area contributed by atoms with E-state index in [0.717, 1.165) is 18.2 Å². The zero-order valence-electron chi connectivity index (χ0n) is 16.3. The highest BCUT2D eigenvalue weighted by atomic mass is 35.5. The summed E-state index contributed by atoms with van der Waals surface area (Å²) in [5, 5.41) is 0.524. The number of para-hydroxylation sites is 1. The van der Waals surface area contributed by atoms with Crippen LogP contribution in [0.1, 0.15) is 0 Å². The number of methoxy groups -OCH3 is 1. The Morgan fingerprint density at radius 3 is 2.66 bits per heavy atom. The molecule has 164 valence electrons. The average Bonchev–Trinajstić information content (AvgIpc) is 2.76. The van der Waals surface area contributed by atoms with Crippen LogP contribution in [-0.4, -0.2) is 30.5 Å². The molecule has 0 radical (unpaired) electrons. The van der Waals surface area contributed by atoms with Gasteiger partial charge in [0.25, 0.3) is 10.0 Å². The zero-order chi connectivity index (χ0) is 23.0. The molecule has 0 spiro atoms. The minimum atomic E-state index is -4.39. The molecule has 0 unspecified atom stereocenters. The molecule has 2 aromatic carbocycles. The maximum atomic E-state index is 15.4. The van der Waals surface area contributed by atoms with Crippen LogP contribution >= 0.6 is 11.6 Å². The largest absolute Gasteiger partial charge is 0.480 e. The van der Waals surface area contributed by atoms with Gasteiger partial charge in [-0.3, -0.25) is 4.72 Å². The van der Waals surface area contributed by atoms with Crippen LogP contribution in [0, 0.1) is 11.6 Å². The lowest BCUT2D eigenvalue weighted by molar-refractivity contribution is 0.385. The minimum absolute atomic E-state index is 0.0273. The first kappa shape index (κ1) is 21.7. The molecule has 32 heavy (non-hydrogen) atoms. The van der Waals surface area contributed by atoms with Crippen LogP contribution < -0.4 is 15.2 Å². The Morgan fingerprint density at radius 2 is 1.91 bits per heavy atom. The molecule has 2 aromatic heterocycles. The van der Waals surface area contributed by atoms with Crippen LogP contribution in [0.2, 0.25) is 5.02 Å². The van der Waals surface area contributed by atoms with Gasteiger partial charge in [0.15, 0.2) is 10.7 Å². The predicted molar refractivity (Wildman–Crippen MR) is 116 cm³/mol. The number of nitrogens with two attached hydrogens (primary N) is 1. The van der Waals surface area contributed by atoms with Crippen molar-refractivity contribution in [3.05, 3.63) is 65.4 Å². The van der Waals surface area contributed by atoms with E-state index >= 15 is 4.39 Å². The number of nitrogens with one attached hydrogen (secondary N) is 1. The number of sulfonamides is 1. The van der Waals surface area contributed by atoms with E-state index in [4.69, 9.17) is 22.1 Å². The molecule has 4 rings (SSSR count). The second kappa shape index (κ2) is 8.17. The first-order valence-corrected chi connectivity index (χ1v) is 10.8. The van der Waals surface area contributed by atoms with E-state index in [1.165, 1.54) is 25.6 Å². The monoisotopic (exact) mass is 477 g/mol. The van der Waals surface area contributed by atoms with Gasteiger partial charge in [0, 0.05) is 23.3 Å². The topological polar surface area (TPSA) is 120 Å². The van der Waals surface area contributed by atoms with Crippen molar-refractivity contribution in [1.29, 1.82) is 0 Å². The third kappa shape index (κ3) is 3.87. The number of benzene rings is 2. The number of anilines is 2. The fourth-order valence-electron chi connectivity index (χ4n) is 3.10. The summed E-state index contributed by atoms with van der Waals surface area (Å²) in [6.07, 6.45) is 2.62. The third-order valence-electron chi connectivity index (χ3n) is 4.50. The lowest BCUT2D eigenvalue weighted by Crippen LogP contribution is -2.16. The summed E-state index contributed by atoms with van der Waals surface area (Å²) in [6.45, 7) is 0. The molecule has 0 saturated heterocycles. The van der Waals surface area contributed by atoms with Crippen molar-refractivity contribution in [2.24, 2.45) is 0 Å². The van der Waals surface area contributed by atoms with E-state index in [0.29, 0.717) is 5.39 Å². The molecule has 3 N–H and O–H groups in total. The number of hydrogen-bond acceptors (Lipinski definition) is 7. The minimum Gasteiger partial charge on any atom is -0.480 e. The first-order chi connectivity index (χ1) is 15.2. The molecule has 2 heterocycles. The molecule has 0 amide bonds. The van der Waals surface area contributed by atoms with Crippen LogP contribution in [0.5, 0.6) is 5.88 Å². The number of hydrogen-bond donors (Lipinski definition) is 2. The van der Waals surface area contributed by atoms with E-state index in [-0.39, 0.29) is 27.9 Å². The normalized spacial score (nSPS) is 11.5. The first-order valence-electron chi connectivity index (χ1n) is 8.93. The molecule has 0 atom stereocenters. The van der Waals surface area contributed by atoms with Gasteiger partial charge in [0.1, 0.15) is 5.82 Å². The van der Waals surface area contributed by atoms with Crippen molar-refractivity contribution < 1.29 is 21.9 Å². The van der Waals surface area contributed by atoms with E-state index in [1.54, 1.807) is 12.1 Å². The van der Waals surface area contributed by atoms with E-state index in [9.17, 15) is 12.8 Å². The number of nitrogen functional groups attached to an aromatic ring is 1. The summed E-state index contributed by atoms with van der Waals surface area (Å²) in [4.78, 5) is 11.3. The van der Waals surface area contributed by atoms with Gasteiger partial charge in [0.05, 0.1) is 28.9 Å². The smallest absolute Gasteiger partial charge is 0.267 e. The van der Waals surface area contributed by atoms with Crippen molar-refractivity contribution >= 4 is 44.2 Å². The number of nitrogens with zero attached hydrogens (tertiary/aromatic N) is 3. The lowest BCUT2D eigenvalue weighted by atomic mass is 10.0. The zero-order valence-corrected chi connectivity index (χ0v) is 17.9. The van der Waals surface area contributed by atoms with E-state index in [1.807, 2.05) is 0 Å². The number of aromatic nitrogens is 3. The highest BCUT2D eigenvalue weighted by Crippen LogP contribution is 2.36. The van der Waals surface area contributed by atoms with Crippen LogP contribution in [0.25, 0.3) is 22.0 Å². The molecule has 12 heteroatoms. The number of pyridine rings is 1. The molecule has 0 aliphatic heterocycles. The van der Waals surface area contributed by atoms with Gasteiger partial charge in [-0.2, -0.15) is 0 Å². The summed E-state index contributed by atoms with van der Waals surface area (Å²) < 4.78 is 63.0. The number of halogens is 3. The Labute approximate surface area is 186 Å². The number of ether oxygens (including phenoxy) is 1. The number of rotatable bonds is 5. The fraction of sp³-hybridized carbons (Fsp3) is 0.0500. The second-order valence-electron chi connectivity index (χ2n) is 6.52. The maximum Gasteiger partial charge on any atom is 0.267 e. The molecule has 0 saturated carbocycles. The van der Waals surface area contributed by atoms with Crippen LogP contribution in [0.15, 0.2) is 53.7 Å². The van der Waals surface area contributed by atoms with E-state index < -0.39 is 37.8 Å². The van der Waals surface area contributed by atoms with Crippen LogP contribution in [0.3, 0.4) is 0 Å². The summed E-state index contributed by atoms with van der Waals surface area (Å²) >= 11 is 5.85. The van der Waals surface area contributed by atoms with Gasteiger partial charge in [-0.25, -0.2) is 32.2 Å². The molecule has 0 aliphatic rings. The van der Waals surface area contributed by atoms with E-state index in [2.05, 4.69) is 19.7 Å². The van der Waals surface area contributed by atoms with Gasteiger partial charge < -0.3 is 10.5 Å². The molecule has 4 aromatic rings.